The lowest BCUT2D eigenvalue weighted by molar-refractivity contribution is -0.123. The van der Waals surface area contributed by atoms with Gasteiger partial charge in [0.15, 0.2) is 0 Å². The zero-order chi connectivity index (χ0) is 19.9. The van der Waals surface area contributed by atoms with Crippen LogP contribution in [0.4, 0.5) is 5.69 Å². The third kappa shape index (κ3) is 4.89. The second-order valence-corrected chi connectivity index (χ2v) is 7.02. The number of primary amides is 1. The van der Waals surface area contributed by atoms with Crippen molar-refractivity contribution >= 4 is 17.5 Å². The number of hydrogen-bond donors (Lipinski definition) is 2. The molecule has 0 unspecified atom stereocenters. The van der Waals surface area contributed by atoms with Crippen LogP contribution in [0.15, 0.2) is 48.5 Å². The van der Waals surface area contributed by atoms with Crippen molar-refractivity contribution in [3.63, 3.8) is 0 Å². The highest BCUT2D eigenvalue weighted by Crippen LogP contribution is 2.24. The molecule has 2 aromatic rings. The molecule has 2 amide bonds. The smallest absolute Gasteiger partial charge is 0.259 e. The maximum Gasteiger partial charge on any atom is 0.259 e. The van der Waals surface area contributed by atoms with Crippen molar-refractivity contribution in [1.29, 1.82) is 0 Å². The molecule has 6 heteroatoms. The van der Waals surface area contributed by atoms with Gasteiger partial charge >= 0.3 is 0 Å². The number of nitrogens with zero attached hydrogens (tertiary/aromatic N) is 1. The Balaban J connectivity index is 1.74. The summed E-state index contributed by atoms with van der Waals surface area (Å²) in [5, 5.41) is 3.01. The van der Waals surface area contributed by atoms with Gasteiger partial charge < -0.3 is 15.8 Å². The summed E-state index contributed by atoms with van der Waals surface area (Å²) in [6, 6.07) is 15.0. The number of likely N-dealkylation sites (tertiary alicyclic amines) is 1. The minimum Gasteiger partial charge on any atom is -0.493 e. The zero-order valence-corrected chi connectivity index (χ0v) is 16.2. The molecule has 1 heterocycles. The third-order valence-corrected chi connectivity index (χ3v) is 5.00. The van der Waals surface area contributed by atoms with Gasteiger partial charge in [0.2, 0.25) is 5.91 Å². The number of rotatable bonds is 7. The van der Waals surface area contributed by atoms with Crippen molar-refractivity contribution in [1.82, 2.24) is 4.90 Å². The highest BCUT2D eigenvalue weighted by Gasteiger charge is 2.24. The lowest BCUT2D eigenvalue weighted by Gasteiger charge is -2.31. The van der Waals surface area contributed by atoms with Gasteiger partial charge in [-0.3, -0.25) is 14.5 Å². The van der Waals surface area contributed by atoms with E-state index in [0.717, 1.165) is 30.6 Å². The van der Waals surface area contributed by atoms with Gasteiger partial charge in [-0.25, -0.2) is 0 Å². The molecule has 1 fully saturated rings. The van der Waals surface area contributed by atoms with Crippen LogP contribution < -0.4 is 15.8 Å². The monoisotopic (exact) mass is 381 g/mol. The number of ether oxygens (including phenoxy) is 1. The molecule has 6 nitrogen and oxygen atoms in total. The molecule has 0 spiro atoms. The molecule has 0 aliphatic carbocycles. The second kappa shape index (κ2) is 9.37. The molecule has 1 saturated heterocycles. The molecule has 1 aliphatic rings. The zero-order valence-electron chi connectivity index (χ0n) is 16.2. The Hall–Kier alpha value is -2.86. The number of anilines is 1. The van der Waals surface area contributed by atoms with Crippen molar-refractivity contribution in [3.8, 4) is 5.75 Å². The molecule has 1 aliphatic heterocycles. The quantitative estimate of drug-likeness (QED) is 0.772. The molecule has 0 saturated carbocycles. The van der Waals surface area contributed by atoms with Gasteiger partial charge in [-0.05, 0) is 50.1 Å². The van der Waals surface area contributed by atoms with Gasteiger partial charge in [-0.2, -0.15) is 0 Å². The van der Waals surface area contributed by atoms with Crippen LogP contribution in [-0.2, 0) is 11.3 Å². The summed E-state index contributed by atoms with van der Waals surface area (Å²) in [7, 11) is 0. The summed E-state index contributed by atoms with van der Waals surface area (Å²) in [5.74, 6) is 0.0258. The molecule has 148 valence electrons. The largest absolute Gasteiger partial charge is 0.493 e. The van der Waals surface area contributed by atoms with E-state index in [1.54, 1.807) is 12.1 Å². The summed E-state index contributed by atoms with van der Waals surface area (Å²) < 4.78 is 5.57. The Labute approximate surface area is 165 Å². The van der Waals surface area contributed by atoms with E-state index >= 15 is 0 Å². The molecule has 0 bridgehead atoms. The number of piperidine rings is 1. The van der Waals surface area contributed by atoms with Crippen LogP contribution in [0.3, 0.4) is 0 Å². The third-order valence-electron chi connectivity index (χ3n) is 5.00. The van der Waals surface area contributed by atoms with Crippen LogP contribution in [0, 0.1) is 5.92 Å². The molecular weight excluding hydrogens is 354 g/mol. The standard InChI is InChI=1S/C22H27N3O3/c1-2-28-20-12-6-4-10-18(20)22(27)24-19-11-5-3-8-16(19)14-25-13-7-9-17(15-25)21(23)26/h3-6,8,10-12,17H,2,7,9,13-15H2,1H3,(H2,23,26)(H,24,27)/t17-/m0/s1. The van der Waals surface area contributed by atoms with Gasteiger partial charge in [-0.1, -0.05) is 30.3 Å². The van der Waals surface area contributed by atoms with Gasteiger partial charge in [0.25, 0.3) is 5.91 Å². The second-order valence-electron chi connectivity index (χ2n) is 7.02. The van der Waals surface area contributed by atoms with E-state index in [1.807, 2.05) is 43.3 Å². The average Bonchev–Trinajstić information content (AvgIpc) is 2.70. The first-order valence-electron chi connectivity index (χ1n) is 9.71. The van der Waals surface area contributed by atoms with Gasteiger partial charge in [0, 0.05) is 18.8 Å². The van der Waals surface area contributed by atoms with Crippen molar-refractivity contribution in [2.24, 2.45) is 11.7 Å². The lowest BCUT2D eigenvalue weighted by Crippen LogP contribution is -2.40. The predicted octanol–water partition coefficient (Wildman–Crippen LogP) is 3.03. The summed E-state index contributed by atoms with van der Waals surface area (Å²) in [6.45, 7) is 4.62. The van der Waals surface area contributed by atoms with E-state index in [9.17, 15) is 9.59 Å². The number of carbonyl (C=O) groups excluding carboxylic acids is 2. The summed E-state index contributed by atoms with van der Waals surface area (Å²) in [5.41, 5.74) is 7.77. The maximum atomic E-state index is 12.8. The molecular formula is C22H27N3O3. The molecule has 0 aromatic heterocycles. The first-order chi connectivity index (χ1) is 13.6. The first kappa shape index (κ1) is 19.9. The van der Waals surface area contributed by atoms with Crippen molar-refractivity contribution in [2.75, 3.05) is 25.0 Å². The first-order valence-corrected chi connectivity index (χ1v) is 9.71. The fourth-order valence-electron chi connectivity index (χ4n) is 3.58. The van der Waals surface area contributed by atoms with E-state index in [2.05, 4.69) is 10.2 Å². The van der Waals surface area contributed by atoms with Crippen LogP contribution in [0.2, 0.25) is 0 Å². The van der Waals surface area contributed by atoms with Crippen molar-refractivity contribution in [3.05, 3.63) is 59.7 Å². The van der Waals surface area contributed by atoms with Crippen LogP contribution >= 0.6 is 0 Å². The Morgan fingerprint density at radius 2 is 1.93 bits per heavy atom. The number of benzene rings is 2. The van der Waals surface area contributed by atoms with E-state index in [0.29, 0.717) is 31.0 Å². The van der Waals surface area contributed by atoms with E-state index in [-0.39, 0.29) is 17.7 Å². The summed E-state index contributed by atoms with van der Waals surface area (Å²) in [4.78, 5) is 26.6. The van der Waals surface area contributed by atoms with Crippen LogP contribution in [0.5, 0.6) is 5.75 Å². The van der Waals surface area contributed by atoms with Gasteiger partial charge in [0.05, 0.1) is 18.1 Å². The van der Waals surface area contributed by atoms with Crippen LogP contribution in [0.1, 0.15) is 35.7 Å². The minimum absolute atomic E-state index is 0.103. The topological polar surface area (TPSA) is 84.7 Å². The molecule has 2 aromatic carbocycles. The van der Waals surface area contributed by atoms with Crippen molar-refractivity contribution < 1.29 is 14.3 Å². The Morgan fingerprint density at radius 3 is 2.71 bits per heavy atom. The maximum absolute atomic E-state index is 12.8. The fraction of sp³-hybridized carbons (Fsp3) is 0.364. The highest BCUT2D eigenvalue weighted by atomic mass is 16.5. The summed E-state index contributed by atoms with van der Waals surface area (Å²) >= 11 is 0. The predicted molar refractivity (Wildman–Crippen MR) is 109 cm³/mol. The number of carbonyl (C=O) groups is 2. The lowest BCUT2D eigenvalue weighted by atomic mass is 9.97. The minimum atomic E-state index is -0.237. The van der Waals surface area contributed by atoms with Crippen molar-refractivity contribution in [2.45, 2.75) is 26.3 Å². The van der Waals surface area contributed by atoms with E-state index in [4.69, 9.17) is 10.5 Å². The number of para-hydroxylation sites is 2. The number of nitrogens with one attached hydrogen (secondary N) is 1. The molecule has 3 rings (SSSR count). The Kier molecular flexibility index (Phi) is 6.66. The summed E-state index contributed by atoms with van der Waals surface area (Å²) in [6.07, 6.45) is 1.79. The Morgan fingerprint density at radius 1 is 1.18 bits per heavy atom. The van der Waals surface area contributed by atoms with Crippen LogP contribution in [-0.4, -0.2) is 36.4 Å². The van der Waals surface area contributed by atoms with Gasteiger partial charge in [-0.15, -0.1) is 0 Å². The van der Waals surface area contributed by atoms with E-state index < -0.39 is 0 Å². The molecule has 1 atom stereocenters. The molecule has 3 N–H and O–H groups in total. The van der Waals surface area contributed by atoms with Crippen LogP contribution in [0.25, 0.3) is 0 Å². The van der Waals surface area contributed by atoms with Gasteiger partial charge in [0.1, 0.15) is 5.75 Å². The Bertz CT molecular complexity index is 837. The number of hydrogen-bond acceptors (Lipinski definition) is 4. The average molecular weight is 381 g/mol. The number of nitrogens with two attached hydrogens (primary N) is 1. The number of amides is 2. The molecule has 28 heavy (non-hydrogen) atoms. The highest BCUT2D eigenvalue weighted by molar-refractivity contribution is 6.06. The van der Waals surface area contributed by atoms with E-state index in [1.165, 1.54) is 0 Å². The normalized spacial score (nSPS) is 17.1. The molecule has 0 radical (unpaired) electrons. The SMILES string of the molecule is CCOc1ccccc1C(=O)Nc1ccccc1CN1CCC[C@H](C(N)=O)C1. The fourth-order valence-corrected chi connectivity index (χ4v) is 3.58.